The molecular formula is C33H56ClN5O3. The van der Waals surface area contributed by atoms with E-state index in [1.807, 2.05) is 13.8 Å². The van der Waals surface area contributed by atoms with Crippen LogP contribution >= 0.6 is 11.6 Å². The highest BCUT2D eigenvalue weighted by Crippen LogP contribution is 2.48. The number of nitrogens with two attached hydrogens (primary N) is 1. The van der Waals surface area contributed by atoms with Gasteiger partial charge in [0, 0.05) is 54.1 Å². The van der Waals surface area contributed by atoms with Gasteiger partial charge in [0.1, 0.15) is 6.54 Å². The normalized spacial score (nSPS) is 21.9. The first-order chi connectivity index (χ1) is 19.6. The molecule has 9 heteroatoms. The van der Waals surface area contributed by atoms with E-state index in [1.165, 1.54) is 28.7 Å². The topological polar surface area (TPSA) is 108 Å². The van der Waals surface area contributed by atoms with Gasteiger partial charge in [-0.15, -0.1) is 0 Å². The second kappa shape index (κ2) is 17.6. The van der Waals surface area contributed by atoms with Gasteiger partial charge in [0.15, 0.2) is 0 Å². The number of carbonyl (C=O) groups is 3. The molecule has 2 rings (SSSR count). The Kier molecular flexibility index (Phi) is 15.8. The summed E-state index contributed by atoms with van der Waals surface area (Å²) >= 11 is 6.45. The monoisotopic (exact) mass is 605 g/mol. The molecule has 2 aliphatic carbocycles. The van der Waals surface area contributed by atoms with Crippen LogP contribution in [-0.4, -0.2) is 66.1 Å². The molecule has 8 nitrogen and oxygen atoms in total. The number of carbonyl (C=O) groups excluding carboxylic acids is 3. The van der Waals surface area contributed by atoms with Crippen molar-refractivity contribution < 1.29 is 14.4 Å². The molecule has 0 saturated heterocycles. The van der Waals surface area contributed by atoms with Gasteiger partial charge in [-0.1, -0.05) is 75.8 Å². The van der Waals surface area contributed by atoms with Crippen LogP contribution in [0, 0.1) is 11.3 Å². The van der Waals surface area contributed by atoms with Gasteiger partial charge in [-0.2, -0.15) is 0 Å². The minimum Gasteiger partial charge on any atom is -0.352 e. The zero-order valence-electron chi connectivity index (χ0n) is 27.8. The van der Waals surface area contributed by atoms with Crippen LogP contribution in [0.5, 0.6) is 0 Å². The number of nitrogens with zero attached hydrogens (tertiary/aromatic N) is 3. The molecule has 0 radical (unpaired) electrons. The average Bonchev–Trinajstić information content (AvgIpc) is 2.95. The van der Waals surface area contributed by atoms with Crippen LogP contribution in [0.4, 0.5) is 4.79 Å². The third-order valence-electron chi connectivity index (χ3n) is 8.48. The number of amides is 4. The molecule has 0 aliphatic heterocycles. The van der Waals surface area contributed by atoms with Gasteiger partial charge >= 0.3 is 6.03 Å². The minimum atomic E-state index is -0.520. The molecule has 42 heavy (non-hydrogen) atoms. The van der Waals surface area contributed by atoms with E-state index in [0.717, 1.165) is 60.6 Å². The van der Waals surface area contributed by atoms with Crippen molar-refractivity contribution >= 4 is 35.2 Å². The average molecular weight is 606 g/mol. The lowest BCUT2D eigenvalue weighted by Crippen LogP contribution is -2.50. The second-order valence-electron chi connectivity index (χ2n) is 12.4. The van der Waals surface area contributed by atoms with Crippen molar-refractivity contribution in [3.63, 3.8) is 0 Å². The van der Waals surface area contributed by atoms with Crippen LogP contribution in [0.1, 0.15) is 107 Å². The molecule has 0 aromatic carbocycles. The number of imide groups is 1. The summed E-state index contributed by atoms with van der Waals surface area (Å²) in [6, 6.07) is -0.112. The summed E-state index contributed by atoms with van der Waals surface area (Å²) in [7, 11) is 3.10. The molecule has 3 unspecified atom stereocenters. The Morgan fingerprint density at radius 3 is 2.26 bits per heavy atom. The van der Waals surface area contributed by atoms with E-state index in [0.29, 0.717) is 11.5 Å². The molecule has 238 valence electrons. The van der Waals surface area contributed by atoms with Gasteiger partial charge < -0.3 is 16.0 Å². The molecule has 4 amide bonds. The fourth-order valence-electron chi connectivity index (χ4n) is 5.20. The zero-order valence-corrected chi connectivity index (χ0v) is 28.5. The highest BCUT2D eigenvalue weighted by molar-refractivity contribution is 6.30. The fraction of sp³-hybridized carbons (Fsp3) is 0.697. The Morgan fingerprint density at radius 1 is 1.17 bits per heavy atom. The number of halogens is 1. The second-order valence-corrected chi connectivity index (χ2v) is 12.8. The molecule has 3 atom stereocenters. The lowest BCUT2D eigenvalue weighted by Gasteiger charge is -2.38. The van der Waals surface area contributed by atoms with Crippen LogP contribution in [-0.2, 0) is 9.59 Å². The number of rotatable bonds is 9. The lowest BCUT2D eigenvalue weighted by molar-refractivity contribution is -0.131. The van der Waals surface area contributed by atoms with Gasteiger partial charge in [-0.05, 0) is 65.7 Å². The van der Waals surface area contributed by atoms with E-state index < -0.39 is 11.9 Å². The summed E-state index contributed by atoms with van der Waals surface area (Å²) in [4.78, 5) is 43.6. The van der Waals surface area contributed by atoms with E-state index in [2.05, 4.69) is 51.0 Å². The van der Waals surface area contributed by atoms with Gasteiger partial charge in [0.2, 0.25) is 5.91 Å². The van der Waals surface area contributed by atoms with Crippen molar-refractivity contribution in [2.75, 3.05) is 20.6 Å². The molecule has 0 aromatic heterocycles. The molecule has 0 spiro atoms. The van der Waals surface area contributed by atoms with Crippen molar-refractivity contribution in [3.8, 4) is 0 Å². The van der Waals surface area contributed by atoms with E-state index in [1.54, 1.807) is 21.0 Å². The summed E-state index contributed by atoms with van der Waals surface area (Å²) in [6.45, 7) is 16.0. The Balaban J connectivity index is 0.000000452. The molecule has 2 aliphatic rings. The lowest BCUT2D eigenvalue weighted by atomic mass is 9.70. The number of aliphatic imine (C=N–C) groups is 1. The van der Waals surface area contributed by atoms with Gasteiger partial charge in [-0.25, -0.2) is 4.79 Å². The smallest absolute Gasteiger partial charge is 0.326 e. The summed E-state index contributed by atoms with van der Waals surface area (Å²) in [5, 5.41) is 3.94. The Hall–Kier alpha value is -2.45. The van der Waals surface area contributed by atoms with Gasteiger partial charge in [-0.3, -0.25) is 19.5 Å². The zero-order chi connectivity index (χ0) is 32.2. The summed E-state index contributed by atoms with van der Waals surface area (Å²) < 4.78 is 0. The molecule has 1 fully saturated rings. The van der Waals surface area contributed by atoms with Crippen molar-refractivity contribution in [2.24, 2.45) is 22.1 Å². The predicted octanol–water partition coefficient (Wildman–Crippen LogP) is 6.95. The molecule has 1 saturated carbocycles. The molecule has 0 heterocycles. The number of nitrogens with one attached hydrogen (secondary N) is 1. The third-order valence-corrected chi connectivity index (χ3v) is 9.02. The van der Waals surface area contributed by atoms with Gasteiger partial charge in [0.05, 0.1) is 0 Å². The summed E-state index contributed by atoms with van der Waals surface area (Å²) in [5.41, 5.74) is 10.2. The quantitative estimate of drug-likeness (QED) is 0.168. The maximum atomic E-state index is 12.6. The first-order valence-electron chi connectivity index (χ1n) is 15.4. The summed E-state index contributed by atoms with van der Waals surface area (Å²) in [5.74, 6) is -0.388. The Bertz CT molecular complexity index is 1070. The van der Waals surface area contributed by atoms with Crippen molar-refractivity contribution in [3.05, 3.63) is 34.0 Å². The van der Waals surface area contributed by atoms with Crippen molar-refractivity contribution in [1.82, 2.24) is 15.1 Å². The van der Waals surface area contributed by atoms with Crippen LogP contribution in [0.15, 0.2) is 39.0 Å². The van der Waals surface area contributed by atoms with Crippen molar-refractivity contribution in [1.29, 1.82) is 0 Å². The van der Waals surface area contributed by atoms with Gasteiger partial charge in [0.25, 0.3) is 5.91 Å². The number of hydrogen-bond donors (Lipinski definition) is 2. The first kappa shape index (κ1) is 37.6. The highest BCUT2D eigenvalue weighted by Gasteiger charge is 2.35. The van der Waals surface area contributed by atoms with E-state index in [4.69, 9.17) is 17.3 Å². The molecular weight excluding hydrogens is 550 g/mol. The van der Waals surface area contributed by atoms with Crippen LogP contribution in [0.25, 0.3) is 0 Å². The standard InChI is InChI=1S/C18H30N4O3.C15H26ClN/c1-13(2)19-11-14(3)17(24)22(18(25)21(4)5)12-16(23)20-15-9-7-6-8-10-15;1-6-12(17)9-13-10(3)8-14(16)15(5,7-2)11(13)4/h11,15H,6-10,12H2,1-5H3,(H,20,23);8,10,12H,6-7,9,17H2,1-5H3/b14-11+;. The number of urea groups is 1. The Labute approximate surface area is 259 Å². The summed E-state index contributed by atoms with van der Waals surface area (Å²) in [6.07, 6.45) is 12.0. The third kappa shape index (κ3) is 11.0. The first-order valence-corrected chi connectivity index (χ1v) is 15.8. The predicted molar refractivity (Wildman–Crippen MR) is 175 cm³/mol. The van der Waals surface area contributed by atoms with Crippen LogP contribution in [0.3, 0.4) is 0 Å². The minimum absolute atomic E-state index is 0.0247. The Morgan fingerprint density at radius 2 is 1.76 bits per heavy atom. The number of allylic oxidation sites excluding steroid dienone is 3. The van der Waals surface area contributed by atoms with Crippen molar-refractivity contribution in [2.45, 2.75) is 119 Å². The van der Waals surface area contributed by atoms with E-state index in [9.17, 15) is 14.4 Å². The molecule has 0 bridgehead atoms. The maximum Gasteiger partial charge on any atom is 0.326 e. The van der Waals surface area contributed by atoms with E-state index >= 15 is 0 Å². The molecule has 3 N–H and O–H groups in total. The number of hydrogen-bond acceptors (Lipinski definition) is 5. The largest absolute Gasteiger partial charge is 0.352 e. The van der Waals surface area contributed by atoms with Crippen LogP contribution in [0.2, 0.25) is 0 Å². The SMILES string of the molecule is CC(C)=N/C=C(\C)C(=O)N(CC(=O)NC1CCCCC1)C(=O)N(C)C.CCC(N)CC1=C(C)C(C)(CC)C(Cl)=CC1C. The fourth-order valence-corrected chi connectivity index (χ4v) is 5.67. The molecule has 0 aromatic rings. The maximum absolute atomic E-state index is 12.6. The van der Waals surface area contributed by atoms with E-state index in [-0.39, 0.29) is 30.0 Å². The van der Waals surface area contributed by atoms with Crippen LogP contribution < -0.4 is 11.1 Å². The highest BCUT2D eigenvalue weighted by atomic mass is 35.5.